The summed E-state index contributed by atoms with van der Waals surface area (Å²) in [6, 6.07) is 10.3. The minimum atomic E-state index is -0.419. The summed E-state index contributed by atoms with van der Waals surface area (Å²) < 4.78 is 4.78. The second kappa shape index (κ2) is 7.77. The van der Waals surface area contributed by atoms with Crippen molar-refractivity contribution in [3.63, 3.8) is 0 Å². The van der Waals surface area contributed by atoms with Gasteiger partial charge in [0.25, 0.3) is 0 Å². The molecule has 0 N–H and O–H groups in total. The molecule has 0 aromatic heterocycles. The molecular formula is C18H22O3. The molecule has 0 bridgehead atoms. The minimum absolute atomic E-state index is 0.0482. The van der Waals surface area contributed by atoms with Crippen LogP contribution in [0.2, 0.25) is 0 Å². The lowest BCUT2D eigenvalue weighted by molar-refractivity contribution is -0.145. The third kappa shape index (κ3) is 5.18. The fourth-order valence-corrected chi connectivity index (χ4v) is 2.40. The van der Waals surface area contributed by atoms with Crippen molar-refractivity contribution in [1.29, 1.82) is 0 Å². The summed E-state index contributed by atoms with van der Waals surface area (Å²) in [4.78, 5) is 22.9. The Morgan fingerprint density at radius 2 is 1.95 bits per heavy atom. The van der Waals surface area contributed by atoms with Gasteiger partial charge < -0.3 is 4.74 Å². The summed E-state index contributed by atoms with van der Waals surface area (Å²) >= 11 is 0. The van der Waals surface area contributed by atoms with Crippen LogP contribution in [0.5, 0.6) is 0 Å². The Bertz CT molecular complexity index is 513. The fourth-order valence-electron chi connectivity index (χ4n) is 2.40. The molecule has 0 heterocycles. The Balaban J connectivity index is 1.87. The van der Waals surface area contributed by atoms with Gasteiger partial charge in [-0.1, -0.05) is 36.4 Å². The Labute approximate surface area is 126 Å². The first-order valence-corrected chi connectivity index (χ1v) is 7.63. The van der Waals surface area contributed by atoms with Gasteiger partial charge in [-0.05, 0) is 43.2 Å². The van der Waals surface area contributed by atoms with E-state index in [0.29, 0.717) is 25.4 Å². The Morgan fingerprint density at radius 1 is 1.24 bits per heavy atom. The minimum Gasteiger partial charge on any atom is -0.466 e. The van der Waals surface area contributed by atoms with Gasteiger partial charge in [0.1, 0.15) is 12.2 Å². The smallest absolute Gasteiger partial charge is 0.313 e. The predicted octanol–water partition coefficient (Wildman–Crippen LogP) is 3.78. The second-order valence-electron chi connectivity index (χ2n) is 5.36. The lowest BCUT2D eigenvalue weighted by Crippen LogP contribution is -2.10. The number of esters is 1. The maximum Gasteiger partial charge on any atom is 0.313 e. The van der Waals surface area contributed by atoms with Gasteiger partial charge in [0.05, 0.1) is 6.61 Å². The molecule has 0 amide bonds. The molecule has 1 saturated carbocycles. The number of carbonyl (C=O) groups excluding carboxylic acids is 2. The van der Waals surface area contributed by atoms with E-state index in [4.69, 9.17) is 4.74 Å². The molecule has 0 unspecified atom stereocenters. The predicted molar refractivity (Wildman–Crippen MR) is 82.6 cm³/mol. The number of ether oxygens (including phenoxy) is 1. The van der Waals surface area contributed by atoms with Crippen LogP contribution in [0.25, 0.3) is 5.57 Å². The van der Waals surface area contributed by atoms with Crippen molar-refractivity contribution in [2.75, 3.05) is 6.61 Å². The summed E-state index contributed by atoms with van der Waals surface area (Å²) in [5.41, 5.74) is 2.59. The molecule has 1 aromatic carbocycles. The van der Waals surface area contributed by atoms with Crippen molar-refractivity contribution in [3.8, 4) is 0 Å². The second-order valence-corrected chi connectivity index (χ2v) is 5.36. The SMILES string of the molecule is CCOC(=O)CC(=O)CC/C=C(/c1ccccc1)C1CC1. The highest BCUT2D eigenvalue weighted by Crippen LogP contribution is 2.42. The molecule has 0 aliphatic heterocycles. The molecule has 1 fully saturated rings. The topological polar surface area (TPSA) is 43.4 Å². The third-order valence-electron chi connectivity index (χ3n) is 3.56. The number of Topliss-reactive ketones (excluding diaryl/α,β-unsaturated/α-hetero) is 1. The zero-order valence-electron chi connectivity index (χ0n) is 12.5. The number of benzene rings is 1. The number of ketones is 1. The van der Waals surface area contributed by atoms with Crippen LogP contribution in [0.1, 0.15) is 44.6 Å². The van der Waals surface area contributed by atoms with Gasteiger partial charge in [-0.2, -0.15) is 0 Å². The van der Waals surface area contributed by atoms with Gasteiger partial charge in [0.15, 0.2) is 0 Å². The molecule has 1 aliphatic rings. The molecule has 0 saturated heterocycles. The Hall–Kier alpha value is -1.90. The first kappa shape index (κ1) is 15.5. The van der Waals surface area contributed by atoms with Gasteiger partial charge in [-0.3, -0.25) is 9.59 Å². The average molecular weight is 286 g/mol. The summed E-state index contributed by atoms with van der Waals surface area (Å²) in [7, 11) is 0. The molecule has 1 aliphatic carbocycles. The molecule has 2 rings (SSSR count). The molecule has 21 heavy (non-hydrogen) atoms. The Morgan fingerprint density at radius 3 is 2.57 bits per heavy atom. The summed E-state index contributed by atoms with van der Waals surface area (Å²) in [5.74, 6) is 0.178. The maximum atomic E-state index is 11.7. The van der Waals surface area contributed by atoms with Crippen LogP contribution in [-0.2, 0) is 14.3 Å². The van der Waals surface area contributed by atoms with Crippen LogP contribution >= 0.6 is 0 Å². The molecule has 112 valence electrons. The summed E-state index contributed by atoms with van der Waals surface area (Å²) in [6.45, 7) is 2.07. The quantitative estimate of drug-likeness (QED) is 0.539. The van der Waals surface area contributed by atoms with Crippen LogP contribution in [0, 0.1) is 5.92 Å². The lowest BCUT2D eigenvalue weighted by atomic mass is 9.99. The van der Waals surface area contributed by atoms with Gasteiger partial charge in [-0.15, -0.1) is 0 Å². The van der Waals surface area contributed by atoms with Crippen LogP contribution in [0.15, 0.2) is 36.4 Å². The largest absolute Gasteiger partial charge is 0.466 e. The van der Waals surface area contributed by atoms with Crippen molar-refractivity contribution in [3.05, 3.63) is 42.0 Å². The number of carbonyl (C=O) groups is 2. The van der Waals surface area contributed by atoms with E-state index in [2.05, 4.69) is 18.2 Å². The lowest BCUT2D eigenvalue weighted by Gasteiger charge is -2.06. The number of hydrogen-bond acceptors (Lipinski definition) is 3. The zero-order chi connectivity index (χ0) is 15.1. The number of hydrogen-bond donors (Lipinski definition) is 0. The first-order chi connectivity index (χ1) is 10.2. The van der Waals surface area contributed by atoms with Gasteiger partial charge >= 0.3 is 5.97 Å². The maximum absolute atomic E-state index is 11.7. The normalized spacial score (nSPS) is 14.8. The van der Waals surface area contributed by atoms with Crippen molar-refractivity contribution in [2.24, 2.45) is 5.92 Å². The number of rotatable bonds is 8. The van der Waals surface area contributed by atoms with Crippen LogP contribution in [0.3, 0.4) is 0 Å². The van der Waals surface area contributed by atoms with E-state index in [9.17, 15) is 9.59 Å². The van der Waals surface area contributed by atoms with Crippen molar-refractivity contribution < 1.29 is 14.3 Å². The highest BCUT2D eigenvalue weighted by Gasteiger charge is 2.26. The Kier molecular flexibility index (Phi) is 5.73. The molecule has 1 aromatic rings. The van der Waals surface area contributed by atoms with Crippen molar-refractivity contribution in [1.82, 2.24) is 0 Å². The van der Waals surface area contributed by atoms with E-state index in [0.717, 1.165) is 0 Å². The highest BCUT2D eigenvalue weighted by molar-refractivity contribution is 5.95. The molecule has 0 atom stereocenters. The van der Waals surface area contributed by atoms with Crippen LogP contribution in [0.4, 0.5) is 0 Å². The van der Waals surface area contributed by atoms with E-state index in [-0.39, 0.29) is 12.2 Å². The summed E-state index contributed by atoms with van der Waals surface area (Å²) in [5, 5.41) is 0. The monoisotopic (exact) mass is 286 g/mol. The van der Waals surface area contributed by atoms with E-state index in [1.54, 1.807) is 6.92 Å². The van der Waals surface area contributed by atoms with Gasteiger partial charge in [0, 0.05) is 6.42 Å². The molecule has 3 heteroatoms. The third-order valence-corrected chi connectivity index (χ3v) is 3.56. The molecular weight excluding hydrogens is 264 g/mol. The average Bonchev–Trinajstić information content (AvgIpc) is 3.29. The van der Waals surface area contributed by atoms with Crippen molar-refractivity contribution in [2.45, 2.75) is 39.0 Å². The molecule has 0 radical (unpaired) electrons. The van der Waals surface area contributed by atoms with Crippen LogP contribution < -0.4 is 0 Å². The fraction of sp³-hybridized carbons (Fsp3) is 0.444. The molecule has 3 nitrogen and oxygen atoms in total. The standard InChI is InChI=1S/C18H22O3/c1-2-21-18(20)13-16(19)9-6-10-17(15-11-12-15)14-7-4-3-5-8-14/h3-5,7-8,10,15H,2,6,9,11-13H2,1H3/b17-10-. The molecule has 0 spiro atoms. The van der Waals surface area contributed by atoms with Crippen LogP contribution in [-0.4, -0.2) is 18.4 Å². The van der Waals surface area contributed by atoms with E-state index in [1.807, 2.05) is 18.2 Å². The highest BCUT2D eigenvalue weighted by atomic mass is 16.5. The number of allylic oxidation sites excluding steroid dienone is 2. The first-order valence-electron chi connectivity index (χ1n) is 7.63. The summed E-state index contributed by atoms with van der Waals surface area (Å²) in [6.07, 6.45) is 5.62. The van der Waals surface area contributed by atoms with Gasteiger partial charge in [0.2, 0.25) is 0 Å². The van der Waals surface area contributed by atoms with E-state index >= 15 is 0 Å². The van der Waals surface area contributed by atoms with E-state index < -0.39 is 5.97 Å². The van der Waals surface area contributed by atoms with E-state index in [1.165, 1.54) is 24.0 Å². The van der Waals surface area contributed by atoms with Gasteiger partial charge in [-0.25, -0.2) is 0 Å². The van der Waals surface area contributed by atoms with Crippen molar-refractivity contribution >= 4 is 17.3 Å². The zero-order valence-corrected chi connectivity index (χ0v) is 12.5.